The number of carbonyl (C=O) groups is 1. The van der Waals surface area contributed by atoms with Crippen LogP contribution in [0.3, 0.4) is 0 Å². The second-order valence-electron chi connectivity index (χ2n) is 3.54. The minimum atomic E-state index is -0.339. The Labute approximate surface area is 79.9 Å². The zero-order chi connectivity index (χ0) is 10.3. The molecule has 0 rings (SSSR count). The van der Waals surface area contributed by atoms with Gasteiger partial charge in [-0.2, -0.15) is 0 Å². The molecule has 0 aliphatic heterocycles. The van der Waals surface area contributed by atoms with Gasteiger partial charge < -0.3 is 15.3 Å². The van der Waals surface area contributed by atoms with Crippen LogP contribution in [0.4, 0.5) is 0 Å². The van der Waals surface area contributed by atoms with Crippen molar-refractivity contribution in [2.24, 2.45) is 0 Å². The second kappa shape index (κ2) is 6.86. The van der Waals surface area contributed by atoms with Gasteiger partial charge >= 0.3 is 0 Å². The highest BCUT2D eigenvalue weighted by Gasteiger charge is 2.02. The lowest BCUT2D eigenvalue weighted by Gasteiger charge is -2.10. The maximum absolute atomic E-state index is 11.1. The molecule has 78 valence electrons. The third-order valence-electron chi connectivity index (χ3n) is 1.67. The normalized spacial score (nSPS) is 13.0. The summed E-state index contributed by atoms with van der Waals surface area (Å²) >= 11 is 0. The minimum Gasteiger partial charge on any atom is -0.393 e. The fourth-order valence-electron chi connectivity index (χ4n) is 0.834. The first-order valence-electron chi connectivity index (χ1n) is 4.62. The molecule has 0 aromatic heterocycles. The van der Waals surface area contributed by atoms with Crippen molar-refractivity contribution in [1.29, 1.82) is 0 Å². The van der Waals surface area contributed by atoms with Crippen LogP contribution in [0.1, 0.15) is 19.8 Å². The first-order chi connectivity index (χ1) is 6.02. The number of nitrogens with one attached hydrogen (secondary N) is 1. The summed E-state index contributed by atoms with van der Waals surface area (Å²) in [6, 6.07) is 0. The highest BCUT2D eigenvalue weighted by atomic mass is 16.3. The Morgan fingerprint density at radius 3 is 2.62 bits per heavy atom. The maximum atomic E-state index is 11.1. The molecule has 4 heteroatoms. The summed E-state index contributed by atoms with van der Waals surface area (Å²) in [6.45, 7) is 3.04. The summed E-state index contributed by atoms with van der Waals surface area (Å²) in [7, 11) is 3.87. The van der Waals surface area contributed by atoms with Crippen LogP contribution in [0.5, 0.6) is 0 Å². The highest BCUT2D eigenvalue weighted by molar-refractivity contribution is 5.75. The molecule has 0 saturated carbocycles. The van der Waals surface area contributed by atoms with Crippen molar-refractivity contribution in [3.63, 3.8) is 0 Å². The van der Waals surface area contributed by atoms with Crippen LogP contribution in [0.25, 0.3) is 0 Å². The van der Waals surface area contributed by atoms with Crippen molar-refractivity contribution in [3.8, 4) is 0 Å². The van der Waals surface area contributed by atoms with Crippen molar-refractivity contribution in [2.75, 3.05) is 27.2 Å². The lowest BCUT2D eigenvalue weighted by molar-refractivity contribution is -0.121. The molecular formula is C9H20N2O2. The van der Waals surface area contributed by atoms with Crippen LogP contribution in [-0.4, -0.2) is 49.2 Å². The van der Waals surface area contributed by atoms with Crippen LogP contribution in [0.2, 0.25) is 0 Å². The monoisotopic (exact) mass is 188 g/mol. The van der Waals surface area contributed by atoms with Crippen molar-refractivity contribution >= 4 is 5.91 Å². The van der Waals surface area contributed by atoms with E-state index in [1.165, 1.54) is 0 Å². The van der Waals surface area contributed by atoms with E-state index in [0.29, 0.717) is 19.4 Å². The van der Waals surface area contributed by atoms with Gasteiger partial charge in [0.15, 0.2) is 0 Å². The molecule has 0 spiro atoms. The van der Waals surface area contributed by atoms with Gasteiger partial charge in [0, 0.05) is 19.5 Å². The highest BCUT2D eigenvalue weighted by Crippen LogP contribution is 1.88. The molecule has 0 bridgehead atoms. The Morgan fingerprint density at radius 1 is 1.54 bits per heavy atom. The smallest absolute Gasteiger partial charge is 0.221 e. The standard InChI is InChI=1S/C9H20N2O2/c1-8(12)4-6-10-9(13)5-7-11(2)3/h8,12H,4-7H2,1-3H3,(H,10,13). The predicted molar refractivity (Wildman–Crippen MR) is 52.5 cm³/mol. The summed E-state index contributed by atoms with van der Waals surface area (Å²) < 4.78 is 0. The molecule has 4 nitrogen and oxygen atoms in total. The summed E-state index contributed by atoms with van der Waals surface area (Å²) in [5.74, 6) is 0.0503. The van der Waals surface area contributed by atoms with E-state index in [1.807, 2.05) is 19.0 Å². The van der Waals surface area contributed by atoms with Gasteiger partial charge in [0.2, 0.25) is 5.91 Å². The van der Waals surface area contributed by atoms with Crippen molar-refractivity contribution in [1.82, 2.24) is 10.2 Å². The molecule has 0 aromatic carbocycles. The molecule has 0 aliphatic carbocycles. The molecule has 1 amide bonds. The molecule has 1 unspecified atom stereocenters. The molecule has 0 heterocycles. The average Bonchev–Trinajstić information content (AvgIpc) is 2.00. The number of aliphatic hydroxyl groups is 1. The van der Waals surface area contributed by atoms with Crippen molar-refractivity contribution in [3.05, 3.63) is 0 Å². The Hall–Kier alpha value is -0.610. The van der Waals surface area contributed by atoms with Gasteiger partial charge in [0.1, 0.15) is 0 Å². The van der Waals surface area contributed by atoms with Crippen LogP contribution in [-0.2, 0) is 4.79 Å². The van der Waals surface area contributed by atoms with Crippen LogP contribution in [0, 0.1) is 0 Å². The largest absolute Gasteiger partial charge is 0.393 e. The Kier molecular flexibility index (Phi) is 6.54. The summed E-state index contributed by atoms with van der Waals surface area (Å²) in [4.78, 5) is 13.1. The summed E-state index contributed by atoms with van der Waals surface area (Å²) in [5, 5.41) is 11.7. The van der Waals surface area contributed by atoms with Gasteiger partial charge in [0.25, 0.3) is 0 Å². The van der Waals surface area contributed by atoms with Gasteiger partial charge in [-0.3, -0.25) is 4.79 Å². The van der Waals surface area contributed by atoms with E-state index in [4.69, 9.17) is 5.11 Å². The third-order valence-corrected chi connectivity index (χ3v) is 1.67. The van der Waals surface area contributed by atoms with E-state index < -0.39 is 0 Å². The van der Waals surface area contributed by atoms with Crippen LogP contribution >= 0.6 is 0 Å². The number of carbonyl (C=O) groups excluding carboxylic acids is 1. The fraction of sp³-hybridized carbons (Fsp3) is 0.889. The maximum Gasteiger partial charge on any atom is 0.221 e. The number of amides is 1. The molecule has 0 fully saturated rings. The Bertz CT molecular complexity index is 147. The van der Waals surface area contributed by atoms with Gasteiger partial charge in [-0.05, 0) is 27.4 Å². The van der Waals surface area contributed by atoms with Gasteiger partial charge in [-0.15, -0.1) is 0 Å². The van der Waals surface area contributed by atoms with Gasteiger partial charge in [0.05, 0.1) is 6.10 Å². The molecule has 1 atom stereocenters. The first kappa shape index (κ1) is 12.4. The lowest BCUT2D eigenvalue weighted by atomic mass is 10.3. The van der Waals surface area contributed by atoms with E-state index in [9.17, 15) is 4.79 Å². The van der Waals surface area contributed by atoms with Crippen molar-refractivity contribution < 1.29 is 9.90 Å². The van der Waals surface area contributed by atoms with E-state index in [1.54, 1.807) is 6.92 Å². The van der Waals surface area contributed by atoms with E-state index in [0.717, 1.165) is 6.54 Å². The molecule has 0 saturated heterocycles. The van der Waals surface area contributed by atoms with E-state index in [-0.39, 0.29) is 12.0 Å². The van der Waals surface area contributed by atoms with E-state index >= 15 is 0 Å². The molecule has 0 radical (unpaired) electrons. The zero-order valence-electron chi connectivity index (χ0n) is 8.71. The number of hydrogen-bond donors (Lipinski definition) is 2. The number of aliphatic hydroxyl groups excluding tert-OH is 1. The zero-order valence-corrected chi connectivity index (χ0v) is 8.71. The number of rotatable bonds is 6. The Morgan fingerprint density at radius 2 is 2.15 bits per heavy atom. The SMILES string of the molecule is CC(O)CCNC(=O)CCN(C)C. The van der Waals surface area contributed by atoms with Crippen molar-refractivity contribution in [2.45, 2.75) is 25.9 Å². The molecule has 0 aromatic rings. The molecule has 0 aliphatic rings. The topological polar surface area (TPSA) is 52.6 Å². The summed E-state index contributed by atoms with van der Waals surface area (Å²) in [5.41, 5.74) is 0. The molecule has 13 heavy (non-hydrogen) atoms. The van der Waals surface area contributed by atoms with Gasteiger partial charge in [-0.1, -0.05) is 0 Å². The average molecular weight is 188 g/mol. The van der Waals surface area contributed by atoms with Crippen LogP contribution in [0.15, 0.2) is 0 Å². The lowest BCUT2D eigenvalue weighted by Crippen LogP contribution is -2.29. The Balaban J connectivity index is 3.30. The van der Waals surface area contributed by atoms with E-state index in [2.05, 4.69) is 5.32 Å². The van der Waals surface area contributed by atoms with Gasteiger partial charge in [-0.25, -0.2) is 0 Å². The fourth-order valence-corrected chi connectivity index (χ4v) is 0.834. The summed E-state index contributed by atoms with van der Waals surface area (Å²) in [6.07, 6.45) is 0.801. The molecular weight excluding hydrogens is 168 g/mol. The second-order valence-corrected chi connectivity index (χ2v) is 3.54. The van der Waals surface area contributed by atoms with Crippen LogP contribution < -0.4 is 5.32 Å². The third kappa shape index (κ3) is 9.30. The number of hydrogen-bond acceptors (Lipinski definition) is 3. The minimum absolute atomic E-state index is 0.0503. The number of nitrogens with zero attached hydrogens (tertiary/aromatic N) is 1. The quantitative estimate of drug-likeness (QED) is 0.608. The predicted octanol–water partition coefficient (Wildman–Crippen LogP) is -0.175. The first-order valence-corrected chi connectivity index (χ1v) is 4.62. The molecule has 2 N–H and O–H groups in total.